The minimum absolute atomic E-state index is 0.000230. The van der Waals surface area contributed by atoms with Gasteiger partial charge in [0, 0.05) is 10.8 Å². The number of aryl methyl sites for hydroxylation is 2. The van der Waals surface area contributed by atoms with Crippen molar-refractivity contribution < 1.29 is 0 Å². The Morgan fingerprint density at radius 3 is 0.808 bits per heavy atom. The molecule has 0 atom stereocenters. The monoisotopic (exact) mass is 342 g/mol. The van der Waals surface area contributed by atoms with Crippen molar-refractivity contribution >= 4 is 0 Å². The zero-order valence-corrected chi connectivity index (χ0v) is 16.9. The van der Waals surface area contributed by atoms with Crippen molar-refractivity contribution in [3.05, 3.63) is 106 Å². The summed E-state index contributed by atoms with van der Waals surface area (Å²) in [6.07, 6.45) is 0. The molecular formula is C26H30. The van der Waals surface area contributed by atoms with Gasteiger partial charge in [-0.1, -0.05) is 112 Å². The molecule has 0 saturated heterocycles. The zero-order valence-electron chi connectivity index (χ0n) is 16.9. The lowest BCUT2D eigenvalue weighted by Gasteiger charge is -2.29. The maximum absolute atomic E-state index is 2.30. The fourth-order valence-electron chi connectivity index (χ4n) is 3.58. The number of benzene rings is 3. The minimum Gasteiger partial charge on any atom is -0.0590 e. The second kappa shape index (κ2) is 6.76. The van der Waals surface area contributed by atoms with Gasteiger partial charge in [-0.05, 0) is 36.1 Å². The molecule has 3 aromatic carbocycles. The van der Waals surface area contributed by atoms with Gasteiger partial charge in [0.05, 0.1) is 0 Å². The van der Waals surface area contributed by atoms with Crippen LogP contribution < -0.4 is 0 Å². The molecule has 3 aromatic rings. The number of hydrogen-bond donors (Lipinski definition) is 0. The van der Waals surface area contributed by atoms with Crippen LogP contribution in [0.2, 0.25) is 0 Å². The van der Waals surface area contributed by atoms with E-state index in [9.17, 15) is 0 Å². The molecule has 3 rings (SSSR count). The van der Waals surface area contributed by atoms with E-state index in [4.69, 9.17) is 0 Å². The first-order valence-electron chi connectivity index (χ1n) is 9.46. The molecule has 0 N–H and O–H groups in total. The van der Waals surface area contributed by atoms with E-state index in [2.05, 4.69) is 114 Å². The summed E-state index contributed by atoms with van der Waals surface area (Å²) in [5.74, 6) is 0. The molecule has 0 heterocycles. The van der Waals surface area contributed by atoms with Gasteiger partial charge in [0.1, 0.15) is 0 Å². The highest BCUT2D eigenvalue weighted by molar-refractivity contribution is 5.43. The van der Waals surface area contributed by atoms with Crippen molar-refractivity contribution in [3.63, 3.8) is 0 Å². The molecule has 0 heteroatoms. The molecule has 0 aliphatic heterocycles. The summed E-state index contributed by atoms with van der Waals surface area (Å²) < 4.78 is 0. The average Bonchev–Trinajstić information content (AvgIpc) is 2.62. The molecule has 0 fully saturated rings. The Balaban J connectivity index is 1.92. The summed E-state index contributed by atoms with van der Waals surface area (Å²) in [7, 11) is 0. The molecule has 134 valence electrons. The second-order valence-electron chi connectivity index (χ2n) is 8.56. The van der Waals surface area contributed by atoms with Gasteiger partial charge < -0.3 is 0 Å². The molecule has 0 radical (unpaired) electrons. The van der Waals surface area contributed by atoms with Crippen LogP contribution in [0.5, 0.6) is 0 Å². The van der Waals surface area contributed by atoms with E-state index in [1.807, 2.05) is 0 Å². The van der Waals surface area contributed by atoms with Crippen LogP contribution in [0.3, 0.4) is 0 Å². The van der Waals surface area contributed by atoms with Crippen LogP contribution in [0.1, 0.15) is 61.1 Å². The van der Waals surface area contributed by atoms with Crippen LogP contribution in [0.15, 0.2) is 72.8 Å². The van der Waals surface area contributed by atoms with E-state index < -0.39 is 0 Å². The van der Waals surface area contributed by atoms with Gasteiger partial charge in [0.2, 0.25) is 0 Å². The minimum atomic E-state index is 0.000230. The lowest BCUT2D eigenvalue weighted by atomic mass is 9.74. The standard InChI is InChI=1S/C26H30/c1-19-7-11-21(12-8-19)25(3,4)23-15-17-24(18-16-23)26(5,6)22-13-9-20(2)10-14-22/h7-18H,1-6H3. The maximum atomic E-state index is 2.30. The quantitative estimate of drug-likeness (QED) is 0.481. The van der Waals surface area contributed by atoms with Crippen molar-refractivity contribution in [2.75, 3.05) is 0 Å². The van der Waals surface area contributed by atoms with Gasteiger partial charge in [0.15, 0.2) is 0 Å². The fourth-order valence-corrected chi connectivity index (χ4v) is 3.58. The molecule has 0 aliphatic rings. The molecule has 0 unspecified atom stereocenters. The largest absolute Gasteiger partial charge is 0.0590 e. The van der Waals surface area contributed by atoms with Gasteiger partial charge in [-0.3, -0.25) is 0 Å². The van der Waals surface area contributed by atoms with Crippen LogP contribution in [-0.4, -0.2) is 0 Å². The molecular weight excluding hydrogens is 312 g/mol. The Labute approximate surface area is 158 Å². The van der Waals surface area contributed by atoms with Crippen LogP contribution in [0.25, 0.3) is 0 Å². The lowest BCUT2D eigenvalue weighted by Crippen LogP contribution is -2.21. The van der Waals surface area contributed by atoms with E-state index in [0.29, 0.717) is 0 Å². The van der Waals surface area contributed by atoms with Crippen LogP contribution in [0.4, 0.5) is 0 Å². The van der Waals surface area contributed by atoms with Crippen molar-refractivity contribution in [3.8, 4) is 0 Å². The molecule has 0 aliphatic carbocycles. The molecule has 0 bridgehead atoms. The highest BCUT2D eigenvalue weighted by Crippen LogP contribution is 2.35. The lowest BCUT2D eigenvalue weighted by molar-refractivity contribution is 0.626. The smallest absolute Gasteiger partial charge is 0.0146 e. The van der Waals surface area contributed by atoms with Gasteiger partial charge >= 0.3 is 0 Å². The summed E-state index contributed by atoms with van der Waals surface area (Å²) in [4.78, 5) is 0. The summed E-state index contributed by atoms with van der Waals surface area (Å²) >= 11 is 0. The summed E-state index contributed by atoms with van der Waals surface area (Å²) in [5, 5.41) is 0. The summed E-state index contributed by atoms with van der Waals surface area (Å²) in [6, 6.07) is 27.0. The van der Waals surface area contributed by atoms with Gasteiger partial charge in [-0.2, -0.15) is 0 Å². The third kappa shape index (κ3) is 3.46. The van der Waals surface area contributed by atoms with Crippen LogP contribution in [0, 0.1) is 13.8 Å². The van der Waals surface area contributed by atoms with E-state index in [1.165, 1.54) is 33.4 Å². The highest BCUT2D eigenvalue weighted by atomic mass is 14.3. The second-order valence-corrected chi connectivity index (χ2v) is 8.56. The fraction of sp³-hybridized carbons (Fsp3) is 0.308. The van der Waals surface area contributed by atoms with E-state index in [1.54, 1.807) is 0 Å². The topological polar surface area (TPSA) is 0 Å². The summed E-state index contributed by atoms with van der Waals surface area (Å²) in [5.41, 5.74) is 8.02. The van der Waals surface area contributed by atoms with Gasteiger partial charge in [-0.15, -0.1) is 0 Å². The molecule has 26 heavy (non-hydrogen) atoms. The third-order valence-corrected chi connectivity index (χ3v) is 5.87. The SMILES string of the molecule is Cc1ccc(C(C)(C)c2ccc(C(C)(C)c3ccc(C)cc3)cc2)cc1. The average molecular weight is 343 g/mol. The van der Waals surface area contributed by atoms with E-state index in [0.717, 1.165) is 0 Å². The maximum Gasteiger partial charge on any atom is 0.0146 e. The molecule has 0 amide bonds. The van der Waals surface area contributed by atoms with Crippen LogP contribution in [-0.2, 0) is 10.8 Å². The first-order valence-corrected chi connectivity index (χ1v) is 9.46. The normalized spacial score (nSPS) is 12.2. The predicted octanol–water partition coefficient (Wildman–Crippen LogP) is 6.96. The third-order valence-electron chi connectivity index (χ3n) is 5.87. The first-order chi connectivity index (χ1) is 12.2. The van der Waals surface area contributed by atoms with Gasteiger partial charge in [0.25, 0.3) is 0 Å². The van der Waals surface area contributed by atoms with E-state index in [-0.39, 0.29) is 10.8 Å². The summed E-state index contributed by atoms with van der Waals surface area (Å²) in [6.45, 7) is 13.5. The number of hydrogen-bond acceptors (Lipinski definition) is 0. The predicted molar refractivity (Wildman–Crippen MR) is 113 cm³/mol. The molecule has 0 spiro atoms. The van der Waals surface area contributed by atoms with Crippen molar-refractivity contribution in [2.24, 2.45) is 0 Å². The Kier molecular flexibility index (Phi) is 4.80. The van der Waals surface area contributed by atoms with Crippen molar-refractivity contribution in [2.45, 2.75) is 52.4 Å². The molecule has 0 aromatic heterocycles. The number of rotatable bonds is 4. The van der Waals surface area contributed by atoms with Gasteiger partial charge in [-0.25, -0.2) is 0 Å². The van der Waals surface area contributed by atoms with E-state index >= 15 is 0 Å². The Hall–Kier alpha value is -2.34. The Morgan fingerprint density at radius 1 is 0.385 bits per heavy atom. The van der Waals surface area contributed by atoms with Crippen LogP contribution >= 0.6 is 0 Å². The van der Waals surface area contributed by atoms with Crippen molar-refractivity contribution in [1.82, 2.24) is 0 Å². The molecule has 0 nitrogen and oxygen atoms in total. The first kappa shape index (κ1) is 18.5. The Bertz CT molecular complexity index is 784. The zero-order chi connectivity index (χ0) is 18.9. The molecule has 0 saturated carbocycles. The highest BCUT2D eigenvalue weighted by Gasteiger charge is 2.26. The van der Waals surface area contributed by atoms with Crippen molar-refractivity contribution in [1.29, 1.82) is 0 Å². The Morgan fingerprint density at radius 2 is 0.577 bits per heavy atom.